The maximum absolute atomic E-state index is 11.3. The van der Waals surface area contributed by atoms with Crippen LogP contribution in [0.25, 0.3) is 11.1 Å². The third-order valence-electron chi connectivity index (χ3n) is 5.61. The Morgan fingerprint density at radius 2 is 1.45 bits per heavy atom. The van der Waals surface area contributed by atoms with Crippen molar-refractivity contribution in [2.45, 2.75) is 91.1 Å². The van der Waals surface area contributed by atoms with Crippen LogP contribution in [0.2, 0.25) is 0 Å². The van der Waals surface area contributed by atoms with Crippen LogP contribution in [0.15, 0.2) is 48.5 Å². The topological polar surface area (TPSA) is 35.5 Å². The first-order valence-corrected chi connectivity index (χ1v) is 12.1. The lowest BCUT2D eigenvalue weighted by molar-refractivity contribution is -0.148. The molecule has 3 nitrogen and oxygen atoms in total. The van der Waals surface area contributed by atoms with Crippen LogP contribution in [0, 0.1) is 0 Å². The molecule has 2 aromatic carbocycles. The minimum Gasteiger partial charge on any atom is -0.494 e. The van der Waals surface area contributed by atoms with E-state index in [-0.39, 0.29) is 12.1 Å². The molecule has 0 aliphatic heterocycles. The normalized spacial score (nSPS) is 11.8. The SMILES string of the molecule is CCCCCCCc1ccc(-c2ccc(OCCCCC(C)OC(=O)CC)cc2)cc1. The van der Waals surface area contributed by atoms with Crippen molar-refractivity contribution in [1.82, 2.24) is 0 Å². The van der Waals surface area contributed by atoms with Crippen molar-refractivity contribution in [1.29, 1.82) is 0 Å². The van der Waals surface area contributed by atoms with Crippen molar-refractivity contribution in [3.05, 3.63) is 54.1 Å². The van der Waals surface area contributed by atoms with E-state index in [0.29, 0.717) is 13.0 Å². The summed E-state index contributed by atoms with van der Waals surface area (Å²) in [5, 5.41) is 0. The molecule has 0 saturated heterocycles. The lowest BCUT2D eigenvalue weighted by atomic mass is 10.0. The van der Waals surface area contributed by atoms with E-state index >= 15 is 0 Å². The number of rotatable bonds is 15. The monoisotopic (exact) mass is 424 g/mol. The van der Waals surface area contributed by atoms with E-state index in [1.807, 2.05) is 26.0 Å². The lowest BCUT2D eigenvalue weighted by Crippen LogP contribution is -2.14. The van der Waals surface area contributed by atoms with Crippen molar-refractivity contribution >= 4 is 5.97 Å². The molecule has 170 valence electrons. The zero-order valence-electron chi connectivity index (χ0n) is 19.7. The van der Waals surface area contributed by atoms with Gasteiger partial charge in [0, 0.05) is 6.42 Å². The molecule has 0 aliphatic rings. The number of benzene rings is 2. The number of carbonyl (C=O) groups is 1. The molecule has 0 aliphatic carbocycles. The van der Waals surface area contributed by atoms with Crippen molar-refractivity contribution < 1.29 is 14.3 Å². The smallest absolute Gasteiger partial charge is 0.305 e. The van der Waals surface area contributed by atoms with Gasteiger partial charge in [0.1, 0.15) is 5.75 Å². The number of carbonyl (C=O) groups excluding carboxylic acids is 1. The quantitative estimate of drug-likeness (QED) is 0.216. The van der Waals surface area contributed by atoms with Crippen LogP contribution in [-0.2, 0) is 16.0 Å². The third-order valence-corrected chi connectivity index (χ3v) is 5.61. The van der Waals surface area contributed by atoms with Gasteiger partial charge in [-0.05, 0) is 67.9 Å². The molecule has 0 N–H and O–H groups in total. The Balaban J connectivity index is 1.68. The van der Waals surface area contributed by atoms with Gasteiger partial charge in [-0.2, -0.15) is 0 Å². The van der Waals surface area contributed by atoms with Crippen LogP contribution >= 0.6 is 0 Å². The zero-order valence-corrected chi connectivity index (χ0v) is 19.7. The fourth-order valence-electron chi connectivity index (χ4n) is 3.63. The van der Waals surface area contributed by atoms with Gasteiger partial charge in [0.2, 0.25) is 0 Å². The van der Waals surface area contributed by atoms with Crippen LogP contribution in [0.3, 0.4) is 0 Å². The minimum absolute atomic E-state index is 0.0146. The largest absolute Gasteiger partial charge is 0.494 e. The van der Waals surface area contributed by atoms with E-state index in [1.165, 1.54) is 55.2 Å². The fourth-order valence-corrected chi connectivity index (χ4v) is 3.63. The molecular weight excluding hydrogens is 384 g/mol. The highest BCUT2D eigenvalue weighted by Gasteiger charge is 2.07. The average Bonchev–Trinajstić information content (AvgIpc) is 2.79. The second kappa shape index (κ2) is 14.7. The van der Waals surface area contributed by atoms with Crippen molar-refractivity contribution in [3.63, 3.8) is 0 Å². The van der Waals surface area contributed by atoms with E-state index < -0.39 is 0 Å². The van der Waals surface area contributed by atoms with Gasteiger partial charge in [0.15, 0.2) is 0 Å². The lowest BCUT2D eigenvalue weighted by Gasteiger charge is -2.12. The number of hydrogen-bond acceptors (Lipinski definition) is 3. The van der Waals surface area contributed by atoms with Crippen molar-refractivity contribution in [2.24, 2.45) is 0 Å². The Hall–Kier alpha value is -2.29. The standard InChI is InChI=1S/C28H40O3/c1-4-6-7-8-9-13-24-14-16-25(17-15-24)26-18-20-27(21-19-26)30-22-11-10-12-23(3)31-28(29)5-2/h14-21,23H,4-13,22H2,1-3H3. The molecule has 0 aromatic heterocycles. The van der Waals surface area contributed by atoms with E-state index in [4.69, 9.17) is 9.47 Å². The molecule has 0 fully saturated rings. The summed E-state index contributed by atoms with van der Waals surface area (Å²) in [5.41, 5.74) is 3.89. The van der Waals surface area contributed by atoms with Gasteiger partial charge in [-0.25, -0.2) is 0 Å². The zero-order chi connectivity index (χ0) is 22.3. The van der Waals surface area contributed by atoms with Gasteiger partial charge < -0.3 is 9.47 Å². The second-order valence-electron chi connectivity index (χ2n) is 8.38. The molecular formula is C28H40O3. The Kier molecular flexibility index (Phi) is 11.8. The van der Waals surface area contributed by atoms with Crippen LogP contribution in [0.4, 0.5) is 0 Å². The number of ether oxygens (including phenoxy) is 2. The van der Waals surface area contributed by atoms with Gasteiger partial charge in [0.05, 0.1) is 12.7 Å². The molecule has 1 atom stereocenters. The van der Waals surface area contributed by atoms with Gasteiger partial charge in [-0.3, -0.25) is 4.79 Å². The Bertz CT molecular complexity index is 734. The summed E-state index contributed by atoms with van der Waals surface area (Å²) in [4.78, 5) is 11.3. The summed E-state index contributed by atoms with van der Waals surface area (Å²) >= 11 is 0. The maximum Gasteiger partial charge on any atom is 0.305 e. The second-order valence-corrected chi connectivity index (χ2v) is 8.38. The molecule has 0 spiro atoms. The van der Waals surface area contributed by atoms with Gasteiger partial charge in [-0.15, -0.1) is 0 Å². The Labute approximate surface area is 189 Å². The molecule has 0 bridgehead atoms. The Morgan fingerprint density at radius 1 is 0.806 bits per heavy atom. The summed E-state index contributed by atoms with van der Waals surface area (Å²) in [6.07, 6.45) is 11.1. The summed E-state index contributed by atoms with van der Waals surface area (Å²) in [7, 11) is 0. The van der Waals surface area contributed by atoms with E-state index in [1.54, 1.807) is 0 Å². The van der Waals surface area contributed by atoms with Gasteiger partial charge in [0.25, 0.3) is 0 Å². The van der Waals surface area contributed by atoms with Crippen LogP contribution in [0.1, 0.15) is 84.1 Å². The molecule has 0 saturated carbocycles. The highest BCUT2D eigenvalue weighted by molar-refractivity contribution is 5.69. The molecule has 3 heteroatoms. The van der Waals surface area contributed by atoms with E-state index in [2.05, 4.69) is 43.3 Å². The molecule has 1 unspecified atom stereocenters. The number of esters is 1. The average molecular weight is 425 g/mol. The molecule has 31 heavy (non-hydrogen) atoms. The minimum atomic E-state index is -0.124. The van der Waals surface area contributed by atoms with Crippen molar-refractivity contribution in [2.75, 3.05) is 6.61 Å². The van der Waals surface area contributed by atoms with E-state index in [0.717, 1.165) is 25.0 Å². The van der Waals surface area contributed by atoms with Crippen LogP contribution < -0.4 is 4.74 Å². The van der Waals surface area contributed by atoms with Gasteiger partial charge >= 0.3 is 5.97 Å². The number of unbranched alkanes of at least 4 members (excludes halogenated alkanes) is 5. The number of hydrogen-bond donors (Lipinski definition) is 0. The first kappa shape index (κ1) is 25.0. The van der Waals surface area contributed by atoms with E-state index in [9.17, 15) is 4.79 Å². The highest BCUT2D eigenvalue weighted by Crippen LogP contribution is 2.23. The Morgan fingerprint density at radius 3 is 2.10 bits per heavy atom. The summed E-state index contributed by atoms with van der Waals surface area (Å²) in [5.74, 6) is 0.777. The molecule has 0 heterocycles. The molecule has 2 aromatic rings. The van der Waals surface area contributed by atoms with Crippen LogP contribution in [-0.4, -0.2) is 18.7 Å². The first-order chi connectivity index (χ1) is 15.1. The predicted molar refractivity (Wildman–Crippen MR) is 130 cm³/mol. The summed E-state index contributed by atoms with van der Waals surface area (Å²) < 4.78 is 11.1. The highest BCUT2D eigenvalue weighted by atomic mass is 16.5. The fraction of sp³-hybridized carbons (Fsp3) is 0.536. The first-order valence-electron chi connectivity index (χ1n) is 12.1. The predicted octanol–water partition coefficient (Wildman–Crippen LogP) is 7.76. The molecule has 0 amide bonds. The molecule has 2 rings (SSSR count). The molecule has 0 radical (unpaired) electrons. The van der Waals surface area contributed by atoms with Crippen molar-refractivity contribution in [3.8, 4) is 16.9 Å². The van der Waals surface area contributed by atoms with Gasteiger partial charge in [-0.1, -0.05) is 75.9 Å². The summed E-state index contributed by atoms with van der Waals surface area (Å²) in [6.45, 7) is 6.71. The third kappa shape index (κ3) is 10.0. The number of aryl methyl sites for hydroxylation is 1. The van der Waals surface area contributed by atoms with Crippen LogP contribution in [0.5, 0.6) is 5.75 Å². The summed E-state index contributed by atoms with van der Waals surface area (Å²) in [6, 6.07) is 17.3. The maximum atomic E-state index is 11.3.